The lowest BCUT2D eigenvalue weighted by molar-refractivity contribution is 0.438. The summed E-state index contributed by atoms with van der Waals surface area (Å²) in [6.07, 6.45) is 8.00. The van der Waals surface area contributed by atoms with Crippen LogP contribution in [-0.4, -0.2) is 17.5 Å². The van der Waals surface area contributed by atoms with Gasteiger partial charge in [-0.2, -0.15) is 11.8 Å². The van der Waals surface area contributed by atoms with E-state index in [1.54, 1.807) is 6.07 Å². The highest BCUT2D eigenvalue weighted by molar-refractivity contribution is 7.99. The molecule has 1 aromatic carbocycles. The zero-order valence-corrected chi connectivity index (χ0v) is 11.6. The molecular formula is C15H20FNS. The van der Waals surface area contributed by atoms with Crippen LogP contribution in [0.2, 0.25) is 0 Å². The third kappa shape index (κ3) is 2.30. The second-order valence-electron chi connectivity index (χ2n) is 5.43. The molecule has 3 unspecified atom stereocenters. The van der Waals surface area contributed by atoms with Gasteiger partial charge in [0.25, 0.3) is 0 Å². The number of halogens is 1. The van der Waals surface area contributed by atoms with E-state index in [-0.39, 0.29) is 5.82 Å². The molecule has 0 heterocycles. The van der Waals surface area contributed by atoms with Crippen LogP contribution >= 0.6 is 11.8 Å². The molecule has 0 aliphatic heterocycles. The fourth-order valence-corrected chi connectivity index (χ4v) is 4.17. The third-order valence-electron chi connectivity index (χ3n) is 4.37. The lowest BCUT2D eigenvalue weighted by atomic mass is 10.1. The minimum Gasteiger partial charge on any atom is -0.307 e. The Kier molecular flexibility index (Phi) is 3.62. The van der Waals surface area contributed by atoms with Crippen molar-refractivity contribution >= 4 is 11.8 Å². The molecule has 3 rings (SSSR count). The lowest BCUT2D eigenvalue weighted by Gasteiger charge is -2.20. The highest BCUT2D eigenvalue weighted by Gasteiger charge is 2.30. The van der Waals surface area contributed by atoms with E-state index >= 15 is 0 Å². The van der Waals surface area contributed by atoms with Crippen molar-refractivity contribution in [3.05, 3.63) is 35.1 Å². The molecule has 3 heteroatoms. The van der Waals surface area contributed by atoms with Gasteiger partial charge in [0.2, 0.25) is 0 Å². The molecule has 2 aliphatic carbocycles. The summed E-state index contributed by atoms with van der Waals surface area (Å²) in [5.41, 5.74) is 2.14. The summed E-state index contributed by atoms with van der Waals surface area (Å²) in [6, 6.07) is 6.51. The maximum Gasteiger partial charge on any atom is 0.126 e. The Hall–Kier alpha value is -0.540. The minimum atomic E-state index is -0.0230. The Morgan fingerprint density at radius 1 is 1.28 bits per heavy atom. The number of nitrogens with one attached hydrogen (secondary N) is 1. The molecule has 0 aromatic heterocycles. The first-order valence-corrected chi connectivity index (χ1v) is 8.13. The lowest BCUT2D eigenvalue weighted by Crippen LogP contribution is -2.30. The fourth-order valence-electron chi connectivity index (χ4n) is 3.37. The van der Waals surface area contributed by atoms with Crippen molar-refractivity contribution in [2.45, 2.75) is 49.4 Å². The zero-order valence-electron chi connectivity index (χ0n) is 10.8. The normalized spacial score (nSPS) is 30.7. The summed E-state index contributed by atoms with van der Waals surface area (Å²) < 4.78 is 13.7. The first kappa shape index (κ1) is 12.5. The molecule has 1 N–H and O–H groups in total. The first-order chi connectivity index (χ1) is 8.78. The van der Waals surface area contributed by atoms with Crippen LogP contribution in [0.3, 0.4) is 0 Å². The van der Waals surface area contributed by atoms with Gasteiger partial charge in [-0.15, -0.1) is 0 Å². The second kappa shape index (κ2) is 5.22. The molecule has 1 saturated carbocycles. The molecule has 1 aromatic rings. The Morgan fingerprint density at radius 2 is 2.17 bits per heavy atom. The average Bonchev–Trinajstić information content (AvgIpc) is 2.98. The molecule has 0 radical (unpaired) electrons. The van der Waals surface area contributed by atoms with Gasteiger partial charge in [0.1, 0.15) is 5.82 Å². The van der Waals surface area contributed by atoms with Crippen molar-refractivity contribution in [3.63, 3.8) is 0 Å². The molecular weight excluding hydrogens is 245 g/mol. The highest BCUT2D eigenvalue weighted by atomic mass is 32.2. The topological polar surface area (TPSA) is 12.0 Å². The van der Waals surface area contributed by atoms with Gasteiger partial charge < -0.3 is 5.32 Å². The zero-order chi connectivity index (χ0) is 12.5. The standard InChI is InChI=1S/C15H20FNS/c1-18-11-6-5-10(9-11)17-15-8-7-12-13(15)3-2-4-14(12)16/h2-4,10-11,15,17H,5-9H2,1H3. The first-order valence-electron chi connectivity index (χ1n) is 6.84. The number of hydrogen-bond donors (Lipinski definition) is 1. The van der Waals surface area contributed by atoms with Gasteiger partial charge in [-0.3, -0.25) is 0 Å². The van der Waals surface area contributed by atoms with Gasteiger partial charge in [-0.25, -0.2) is 4.39 Å². The van der Waals surface area contributed by atoms with Gasteiger partial charge in [-0.05, 0) is 55.6 Å². The minimum absolute atomic E-state index is 0.0230. The smallest absolute Gasteiger partial charge is 0.126 e. The summed E-state index contributed by atoms with van der Waals surface area (Å²) in [7, 11) is 0. The molecule has 0 spiro atoms. The molecule has 1 fully saturated rings. The number of hydrogen-bond acceptors (Lipinski definition) is 2. The van der Waals surface area contributed by atoms with Gasteiger partial charge in [-0.1, -0.05) is 12.1 Å². The van der Waals surface area contributed by atoms with E-state index in [1.807, 2.05) is 17.8 Å². The van der Waals surface area contributed by atoms with Crippen LogP contribution in [0.5, 0.6) is 0 Å². The van der Waals surface area contributed by atoms with Gasteiger partial charge >= 0.3 is 0 Å². The van der Waals surface area contributed by atoms with E-state index in [2.05, 4.69) is 17.6 Å². The molecule has 98 valence electrons. The summed E-state index contributed by atoms with van der Waals surface area (Å²) in [5.74, 6) is -0.0230. The second-order valence-corrected chi connectivity index (χ2v) is 6.57. The van der Waals surface area contributed by atoms with Gasteiger partial charge in [0.05, 0.1) is 0 Å². The van der Waals surface area contributed by atoms with Crippen LogP contribution in [0.15, 0.2) is 18.2 Å². The van der Waals surface area contributed by atoms with Crippen molar-refractivity contribution in [3.8, 4) is 0 Å². The largest absolute Gasteiger partial charge is 0.307 e. The fraction of sp³-hybridized carbons (Fsp3) is 0.600. The monoisotopic (exact) mass is 265 g/mol. The molecule has 3 atom stereocenters. The molecule has 2 aliphatic rings. The number of benzene rings is 1. The van der Waals surface area contributed by atoms with Crippen LogP contribution in [-0.2, 0) is 6.42 Å². The molecule has 18 heavy (non-hydrogen) atoms. The van der Waals surface area contributed by atoms with Crippen molar-refractivity contribution in [1.82, 2.24) is 5.32 Å². The van der Waals surface area contributed by atoms with E-state index in [9.17, 15) is 4.39 Å². The summed E-state index contributed by atoms with van der Waals surface area (Å²) >= 11 is 1.98. The maximum absolute atomic E-state index is 13.7. The summed E-state index contributed by atoms with van der Waals surface area (Å²) in [6.45, 7) is 0. The third-order valence-corrected chi connectivity index (χ3v) is 5.46. The van der Waals surface area contributed by atoms with Gasteiger partial charge in [0, 0.05) is 17.3 Å². The number of rotatable bonds is 3. The van der Waals surface area contributed by atoms with E-state index < -0.39 is 0 Å². The summed E-state index contributed by atoms with van der Waals surface area (Å²) in [4.78, 5) is 0. The van der Waals surface area contributed by atoms with Crippen LogP contribution in [0.4, 0.5) is 4.39 Å². The van der Waals surface area contributed by atoms with Crippen LogP contribution in [0, 0.1) is 5.82 Å². The van der Waals surface area contributed by atoms with Crippen LogP contribution in [0.25, 0.3) is 0 Å². The Bertz CT molecular complexity index is 435. The SMILES string of the molecule is CSC1CCC(NC2CCc3c(F)cccc32)C1. The van der Waals surface area contributed by atoms with Crippen molar-refractivity contribution < 1.29 is 4.39 Å². The Labute approximate surface area is 113 Å². The predicted octanol–water partition coefficient (Wildman–Crippen LogP) is 3.69. The Morgan fingerprint density at radius 3 is 2.94 bits per heavy atom. The van der Waals surface area contributed by atoms with E-state index in [1.165, 1.54) is 24.8 Å². The van der Waals surface area contributed by atoms with Crippen LogP contribution < -0.4 is 5.32 Å². The highest BCUT2D eigenvalue weighted by Crippen LogP contribution is 2.35. The van der Waals surface area contributed by atoms with Gasteiger partial charge in [0.15, 0.2) is 0 Å². The van der Waals surface area contributed by atoms with E-state index in [4.69, 9.17) is 0 Å². The van der Waals surface area contributed by atoms with Crippen molar-refractivity contribution in [1.29, 1.82) is 0 Å². The average molecular weight is 265 g/mol. The van der Waals surface area contributed by atoms with E-state index in [0.29, 0.717) is 12.1 Å². The number of fused-ring (bicyclic) bond motifs is 1. The predicted molar refractivity (Wildman–Crippen MR) is 75.5 cm³/mol. The summed E-state index contributed by atoms with van der Waals surface area (Å²) in [5, 5.41) is 4.56. The van der Waals surface area contributed by atoms with Crippen molar-refractivity contribution in [2.24, 2.45) is 0 Å². The van der Waals surface area contributed by atoms with Crippen LogP contribution in [0.1, 0.15) is 42.9 Å². The number of thioether (sulfide) groups is 1. The Balaban J connectivity index is 1.68. The van der Waals surface area contributed by atoms with E-state index in [0.717, 1.165) is 23.7 Å². The maximum atomic E-state index is 13.7. The quantitative estimate of drug-likeness (QED) is 0.894. The molecule has 0 bridgehead atoms. The molecule has 0 amide bonds. The molecule has 1 nitrogen and oxygen atoms in total. The van der Waals surface area contributed by atoms with Crippen molar-refractivity contribution in [2.75, 3.05) is 6.26 Å². The molecule has 0 saturated heterocycles.